The summed E-state index contributed by atoms with van der Waals surface area (Å²) in [5.74, 6) is -2.15. The minimum absolute atomic E-state index is 0.114. The Hall–Kier alpha value is -3.39. The maximum absolute atomic E-state index is 13.4. The molecular weight excluding hydrogens is 386 g/mol. The van der Waals surface area contributed by atoms with Gasteiger partial charge in [-0.25, -0.2) is 4.90 Å². The van der Waals surface area contributed by atoms with Crippen molar-refractivity contribution in [1.82, 2.24) is 4.90 Å². The number of benzene rings is 2. The molecule has 3 aliphatic heterocycles. The van der Waals surface area contributed by atoms with E-state index in [0.717, 1.165) is 17.7 Å². The van der Waals surface area contributed by atoms with Gasteiger partial charge in [-0.05, 0) is 31.5 Å². The number of hydrogen-bond donors (Lipinski definition) is 0. The van der Waals surface area contributed by atoms with Crippen molar-refractivity contribution in [2.45, 2.75) is 24.9 Å². The quantitative estimate of drug-likeness (QED) is 0.335. The van der Waals surface area contributed by atoms with Gasteiger partial charge in [0.2, 0.25) is 11.8 Å². The molecule has 0 saturated carbocycles. The topological polar surface area (TPSA) is 101 Å². The lowest BCUT2D eigenvalue weighted by molar-refractivity contribution is -0.384. The van der Waals surface area contributed by atoms with Crippen LogP contribution >= 0.6 is 0 Å². The van der Waals surface area contributed by atoms with E-state index < -0.39 is 28.7 Å². The van der Waals surface area contributed by atoms with Crippen molar-refractivity contribution < 1.29 is 19.3 Å². The van der Waals surface area contributed by atoms with Crippen LogP contribution in [-0.4, -0.2) is 46.0 Å². The molecule has 0 aromatic heterocycles. The zero-order chi connectivity index (χ0) is 21.0. The molecule has 8 nitrogen and oxygen atoms in total. The maximum atomic E-state index is 13.4. The highest BCUT2D eigenvalue weighted by Crippen LogP contribution is 2.48. The molecule has 0 radical (unpaired) electrons. The molecule has 0 bridgehead atoms. The Kier molecular flexibility index (Phi) is 4.25. The molecule has 2 amide bonds. The Labute approximate surface area is 172 Å². The van der Waals surface area contributed by atoms with E-state index in [1.54, 1.807) is 24.3 Å². The fourth-order valence-corrected chi connectivity index (χ4v) is 5.27. The number of carbonyl (C=O) groups excluding carboxylic acids is 3. The van der Waals surface area contributed by atoms with Crippen LogP contribution in [0.3, 0.4) is 0 Å². The third-order valence-corrected chi connectivity index (χ3v) is 6.50. The molecular formula is C22H19N3O5. The zero-order valence-electron chi connectivity index (χ0n) is 16.0. The molecule has 0 unspecified atom stereocenters. The van der Waals surface area contributed by atoms with E-state index in [1.165, 1.54) is 24.3 Å². The first-order valence-corrected chi connectivity index (χ1v) is 9.96. The summed E-state index contributed by atoms with van der Waals surface area (Å²) in [6.45, 7) is 0.693. The van der Waals surface area contributed by atoms with Crippen LogP contribution in [0.2, 0.25) is 0 Å². The number of imide groups is 1. The highest BCUT2D eigenvalue weighted by atomic mass is 16.6. The first-order valence-electron chi connectivity index (χ1n) is 9.96. The molecule has 3 aliphatic rings. The molecule has 152 valence electrons. The standard InChI is InChI=1S/C22H19N3O5/c26-20(13-5-2-1-3-6-13)19-18-17(16-7-4-12-23(16)19)21(27)24(22(18)28)14-8-10-15(11-9-14)25(29)30/h1-3,5-6,8-11,16-19H,4,7,12H2/t16-,17+,18+,19-/m1/s1. The van der Waals surface area contributed by atoms with E-state index in [-0.39, 0.29) is 23.4 Å². The molecule has 3 fully saturated rings. The van der Waals surface area contributed by atoms with Crippen LogP contribution in [0.1, 0.15) is 23.2 Å². The van der Waals surface area contributed by atoms with Gasteiger partial charge in [-0.3, -0.25) is 29.4 Å². The molecule has 30 heavy (non-hydrogen) atoms. The zero-order valence-corrected chi connectivity index (χ0v) is 16.0. The Morgan fingerprint density at radius 3 is 2.30 bits per heavy atom. The summed E-state index contributed by atoms with van der Waals surface area (Å²) in [5.41, 5.74) is 0.723. The summed E-state index contributed by atoms with van der Waals surface area (Å²) in [4.78, 5) is 53.6. The van der Waals surface area contributed by atoms with Gasteiger partial charge >= 0.3 is 0 Å². The number of carbonyl (C=O) groups is 3. The third-order valence-electron chi connectivity index (χ3n) is 6.50. The number of non-ortho nitro benzene ring substituents is 1. The molecule has 5 rings (SSSR count). The predicted molar refractivity (Wildman–Crippen MR) is 107 cm³/mol. The SMILES string of the molecule is O=C(c1ccccc1)[C@H]1[C@H]2C(=O)N(c3ccc([N+](=O)[O-])cc3)C(=O)[C@H]2[C@H]2CCCN21. The highest BCUT2D eigenvalue weighted by molar-refractivity contribution is 6.24. The van der Waals surface area contributed by atoms with E-state index in [2.05, 4.69) is 0 Å². The average Bonchev–Trinajstić information content (AvgIpc) is 3.40. The summed E-state index contributed by atoms with van der Waals surface area (Å²) in [7, 11) is 0. The molecule has 4 atom stereocenters. The second-order valence-corrected chi connectivity index (χ2v) is 7.96. The summed E-state index contributed by atoms with van der Waals surface area (Å²) in [6, 6.07) is 13.4. The van der Waals surface area contributed by atoms with Gasteiger partial charge in [-0.1, -0.05) is 30.3 Å². The van der Waals surface area contributed by atoms with Gasteiger partial charge in [0.25, 0.3) is 5.69 Å². The normalized spacial score (nSPS) is 27.9. The van der Waals surface area contributed by atoms with Gasteiger partial charge in [0.15, 0.2) is 5.78 Å². The lowest BCUT2D eigenvalue weighted by atomic mass is 9.85. The van der Waals surface area contributed by atoms with Gasteiger partial charge in [-0.15, -0.1) is 0 Å². The number of Topliss-reactive ketones (excluding diaryl/α,β-unsaturated/α-hetero) is 1. The first kappa shape index (κ1) is 18.6. The fraction of sp³-hybridized carbons (Fsp3) is 0.318. The molecule has 8 heteroatoms. The molecule has 3 heterocycles. The molecule has 0 spiro atoms. The Morgan fingerprint density at radius 2 is 1.63 bits per heavy atom. The van der Waals surface area contributed by atoms with Crippen LogP contribution in [0.4, 0.5) is 11.4 Å². The van der Waals surface area contributed by atoms with Crippen LogP contribution < -0.4 is 4.90 Å². The van der Waals surface area contributed by atoms with Gasteiger partial charge in [-0.2, -0.15) is 0 Å². The Balaban J connectivity index is 1.52. The number of anilines is 1. The van der Waals surface area contributed by atoms with Gasteiger partial charge in [0.1, 0.15) is 0 Å². The lowest BCUT2D eigenvalue weighted by Gasteiger charge is -2.27. The van der Waals surface area contributed by atoms with E-state index in [9.17, 15) is 24.5 Å². The summed E-state index contributed by atoms with van der Waals surface area (Å²) in [6.07, 6.45) is 1.65. The first-order chi connectivity index (χ1) is 14.5. The van der Waals surface area contributed by atoms with Crippen molar-refractivity contribution in [3.8, 4) is 0 Å². The largest absolute Gasteiger partial charge is 0.292 e. The van der Waals surface area contributed by atoms with Crippen LogP contribution in [0.5, 0.6) is 0 Å². The van der Waals surface area contributed by atoms with Crippen LogP contribution in [0.15, 0.2) is 54.6 Å². The van der Waals surface area contributed by atoms with Crippen LogP contribution in [-0.2, 0) is 9.59 Å². The number of hydrogen-bond acceptors (Lipinski definition) is 6. The van der Waals surface area contributed by atoms with Gasteiger partial charge in [0, 0.05) is 23.7 Å². The average molecular weight is 405 g/mol. The van der Waals surface area contributed by atoms with E-state index in [4.69, 9.17) is 0 Å². The van der Waals surface area contributed by atoms with E-state index in [0.29, 0.717) is 17.8 Å². The summed E-state index contributed by atoms with van der Waals surface area (Å²) >= 11 is 0. The summed E-state index contributed by atoms with van der Waals surface area (Å²) in [5, 5.41) is 10.9. The fourth-order valence-electron chi connectivity index (χ4n) is 5.27. The number of nitro groups is 1. The van der Waals surface area contributed by atoms with Crippen LogP contribution in [0.25, 0.3) is 0 Å². The van der Waals surface area contributed by atoms with Gasteiger partial charge in [0.05, 0.1) is 28.5 Å². The van der Waals surface area contributed by atoms with Crippen LogP contribution in [0, 0.1) is 22.0 Å². The predicted octanol–water partition coefficient (Wildman–Crippen LogP) is 2.43. The second-order valence-electron chi connectivity index (χ2n) is 7.96. The number of rotatable bonds is 4. The van der Waals surface area contributed by atoms with E-state index in [1.807, 2.05) is 11.0 Å². The Bertz CT molecular complexity index is 1050. The monoisotopic (exact) mass is 405 g/mol. The number of ketones is 1. The number of amides is 2. The molecule has 0 aliphatic carbocycles. The highest BCUT2D eigenvalue weighted by Gasteiger charge is 2.64. The number of nitrogens with zero attached hydrogens (tertiary/aromatic N) is 3. The molecule has 2 aromatic carbocycles. The minimum atomic E-state index is -0.731. The smallest absolute Gasteiger partial charge is 0.269 e. The number of fused-ring (bicyclic) bond motifs is 3. The summed E-state index contributed by atoms with van der Waals surface area (Å²) < 4.78 is 0. The van der Waals surface area contributed by atoms with Gasteiger partial charge < -0.3 is 0 Å². The molecule has 3 saturated heterocycles. The van der Waals surface area contributed by atoms with Crippen molar-refractivity contribution in [1.29, 1.82) is 0 Å². The van der Waals surface area contributed by atoms with Crippen molar-refractivity contribution >= 4 is 29.0 Å². The second kappa shape index (κ2) is 6.84. The number of nitro benzene ring substituents is 1. The third kappa shape index (κ3) is 2.60. The van der Waals surface area contributed by atoms with Crippen molar-refractivity contribution in [3.05, 3.63) is 70.3 Å². The lowest BCUT2D eigenvalue weighted by Crippen LogP contribution is -2.46. The maximum Gasteiger partial charge on any atom is 0.269 e. The Morgan fingerprint density at radius 1 is 0.967 bits per heavy atom. The minimum Gasteiger partial charge on any atom is -0.292 e. The van der Waals surface area contributed by atoms with Crippen molar-refractivity contribution in [2.75, 3.05) is 11.4 Å². The van der Waals surface area contributed by atoms with Crippen molar-refractivity contribution in [3.63, 3.8) is 0 Å². The van der Waals surface area contributed by atoms with E-state index >= 15 is 0 Å². The molecule has 0 N–H and O–H groups in total. The molecule has 2 aromatic rings. The van der Waals surface area contributed by atoms with Crippen molar-refractivity contribution in [2.24, 2.45) is 11.8 Å².